The molecule has 0 amide bonds. The average Bonchev–Trinajstić information content (AvgIpc) is 2.05. The zero-order valence-electron chi connectivity index (χ0n) is 7.30. The fourth-order valence-corrected chi connectivity index (χ4v) is 0.700. The molecule has 11 heavy (non-hydrogen) atoms. The summed E-state index contributed by atoms with van der Waals surface area (Å²) >= 11 is 0. The van der Waals surface area contributed by atoms with Gasteiger partial charge in [-0.3, -0.25) is 0 Å². The Morgan fingerprint density at radius 2 is 2.18 bits per heavy atom. The van der Waals surface area contributed by atoms with Gasteiger partial charge in [-0.05, 0) is 0 Å². The second kappa shape index (κ2) is 7.94. The first kappa shape index (κ1) is 10.8. The molecule has 3 N–H and O–H groups in total. The van der Waals surface area contributed by atoms with Gasteiger partial charge in [0.05, 0.1) is 12.7 Å². The summed E-state index contributed by atoms with van der Waals surface area (Å²) in [6, 6.07) is 0. The Morgan fingerprint density at radius 3 is 2.64 bits per heavy atom. The van der Waals surface area contributed by atoms with Crippen molar-refractivity contribution in [1.82, 2.24) is 5.32 Å². The standard InChI is InChI=1S/C7H18N2O2/c1-10-4-3-9-6-7(5-8)11-2/h7,9H,3-6,8H2,1-2H3. The van der Waals surface area contributed by atoms with Crippen molar-refractivity contribution in [3.63, 3.8) is 0 Å². The minimum Gasteiger partial charge on any atom is -0.383 e. The second-order valence-corrected chi connectivity index (χ2v) is 2.29. The van der Waals surface area contributed by atoms with Gasteiger partial charge in [-0.15, -0.1) is 0 Å². The number of hydrogen-bond donors (Lipinski definition) is 2. The first-order valence-electron chi connectivity index (χ1n) is 3.77. The van der Waals surface area contributed by atoms with E-state index in [4.69, 9.17) is 15.2 Å². The van der Waals surface area contributed by atoms with Gasteiger partial charge in [-0.25, -0.2) is 0 Å². The van der Waals surface area contributed by atoms with Crippen LogP contribution in [0.5, 0.6) is 0 Å². The van der Waals surface area contributed by atoms with E-state index in [0.717, 1.165) is 19.7 Å². The SMILES string of the molecule is COCCNCC(CN)OC. The number of hydrogen-bond acceptors (Lipinski definition) is 4. The molecule has 0 aliphatic rings. The molecule has 0 aromatic heterocycles. The molecular weight excluding hydrogens is 144 g/mol. The van der Waals surface area contributed by atoms with Crippen LogP contribution in [0.1, 0.15) is 0 Å². The summed E-state index contributed by atoms with van der Waals surface area (Å²) in [6.45, 7) is 2.91. The Labute approximate surface area is 68.0 Å². The monoisotopic (exact) mass is 162 g/mol. The van der Waals surface area contributed by atoms with Crippen molar-refractivity contribution >= 4 is 0 Å². The molecular formula is C7H18N2O2. The summed E-state index contributed by atoms with van der Waals surface area (Å²) in [5.41, 5.74) is 5.40. The summed E-state index contributed by atoms with van der Waals surface area (Å²) in [6.07, 6.45) is 0.117. The number of ether oxygens (including phenoxy) is 2. The van der Waals surface area contributed by atoms with Crippen molar-refractivity contribution in [1.29, 1.82) is 0 Å². The smallest absolute Gasteiger partial charge is 0.0817 e. The van der Waals surface area contributed by atoms with Crippen LogP contribution in [0.3, 0.4) is 0 Å². The van der Waals surface area contributed by atoms with Crippen LogP contribution in [0.2, 0.25) is 0 Å². The molecule has 0 bridgehead atoms. The lowest BCUT2D eigenvalue weighted by Crippen LogP contribution is -2.35. The van der Waals surface area contributed by atoms with E-state index in [-0.39, 0.29) is 6.10 Å². The third-order valence-corrected chi connectivity index (χ3v) is 1.45. The van der Waals surface area contributed by atoms with Gasteiger partial charge in [0, 0.05) is 33.9 Å². The number of nitrogens with one attached hydrogen (secondary N) is 1. The first-order chi connectivity index (χ1) is 5.35. The Morgan fingerprint density at radius 1 is 1.45 bits per heavy atom. The molecule has 1 atom stereocenters. The fraction of sp³-hybridized carbons (Fsp3) is 1.00. The van der Waals surface area contributed by atoms with Gasteiger partial charge in [-0.1, -0.05) is 0 Å². The maximum atomic E-state index is 5.40. The molecule has 0 fully saturated rings. The molecule has 0 aliphatic heterocycles. The molecule has 0 heterocycles. The van der Waals surface area contributed by atoms with Crippen molar-refractivity contribution in [2.75, 3.05) is 40.5 Å². The topological polar surface area (TPSA) is 56.5 Å². The maximum absolute atomic E-state index is 5.40. The maximum Gasteiger partial charge on any atom is 0.0817 e. The highest BCUT2D eigenvalue weighted by Gasteiger charge is 2.01. The number of methoxy groups -OCH3 is 2. The molecule has 68 valence electrons. The Kier molecular flexibility index (Phi) is 7.83. The van der Waals surface area contributed by atoms with Gasteiger partial charge in [0.15, 0.2) is 0 Å². The van der Waals surface area contributed by atoms with Gasteiger partial charge in [0.1, 0.15) is 0 Å². The van der Waals surface area contributed by atoms with Crippen molar-refractivity contribution in [3.05, 3.63) is 0 Å². The largest absolute Gasteiger partial charge is 0.383 e. The van der Waals surface area contributed by atoms with E-state index in [9.17, 15) is 0 Å². The molecule has 0 saturated heterocycles. The molecule has 0 radical (unpaired) electrons. The van der Waals surface area contributed by atoms with Crippen LogP contribution < -0.4 is 11.1 Å². The lowest BCUT2D eigenvalue weighted by atomic mass is 10.3. The minimum absolute atomic E-state index is 0.117. The van der Waals surface area contributed by atoms with E-state index in [2.05, 4.69) is 5.32 Å². The molecule has 0 aromatic carbocycles. The van der Waals surface area contributed by atoms with Crippen LogP contribution >= 0.6 is 0 Å². The Balaban J connectivity index is 3.07. The number of nitrogens with two attached hydrogens (primary N) is 1. The molecule has 0 aromatic rings. The molecule has 1 unspecified atom stereocenters. The highest BCUT2D eigenvalue weighted by atomic mass is 16.5. The molecule has 0 spiro atoms. The molecule has 0 aliphatic carbocycles. The Hall–Kier alpha value is -0.160. The van der Waals surface area contributed by atoms with Crippen LogP contribution in [-0.4, -0.2) is 46.6 Å². The molecule has 0 rings (SSSR count). The van der Waals surface area contributed by atoms with Crippen LogP contribution in [0, 0.1) is 0 Å². The lowest BCUT2D eigenvalue weighted by Gasteiger charge is -2.12. The van der Waals surface area contributed by atoms with Gasteiger partial charge in [-0.2, -0.15) is 0 Å². The van der Waals surface area contributed by atoms with Gasteiger partial charge in [0.25, 0.3) is 0 Å². The summed E-state index contributed by atoms with van der Waals surface area (Å²) < 4.78 is 9.91. The fourth-order valence-electron chi connectivity index (χ4n) is 0.700. The lowest BCUT2D eigenvalue weighted by molar-refractivity contribution is 0.105. The molecule has 0 saturated carbocycles. The third-order valence-electron chi connectivity index (χ3n) is 1.45. The van der Waals surface area contributed by atoms with E-state index in [1.165, 1.54) is 0 Å². The third kappa shape index (κ3) is 6.25. The van der Waals surface area contributed by atoms with Gasteiger partial charge in [0.2, 0.25) is 0 Å². The van der Waals surface area contributed by atoms with Crippen molar-refractivity contribution < 1.29 is 9.47 Å². The van der Waals surface area contributed by atoms with E-state index < -0.39 is 0 Å². The van der Waals surface area contributed by atoms with Crippen LogP contribution in [0.25, 0.3) is 0 Å². The zero-order valence-corrected chi connectivity index (χ0v) is 7.30. The first-order valence-corrected chi connectivity index (χ1v) is 3.77. The van der Waals surface area contributed by atoms with Crippen LogP contribution in [0.4, 0.5) is 0 Å². The van der Waals surface area contributed by atoms with Crippen molar-refractivity contribution in [3.8, 4) is 0 Å². The van der Waals surface area contributed by atoms with Crippen molar-refractivity contribution in [2.24, 2.45) is 5.73 Å². The number of rotatable bonds is 7. The molecule has 4 heteroatoms. The minimum atomic E-state index is 0.117. The summed E-state index contributed by atoms with van der Waals surface area (Å²) in [4.78, 5) is 0. The van der Waals surface area contributed by atoms with Crippen LogP contribution in [0.15, 0.2) is 0 Å². The molecule has 4 nitrogen and oxygen atoms in total. The van der Waals surface area contributed by atoms with Crippen LogP contribution in [-0.2, 0) is 9.47 Å². The van der Waals surface area contributed by atoms with E-state index in [1.807, 2.05) is 0 Å². The van der Waals surface area contributed by atoms with Gasteiger partial charge >= 0.3 is 0 Å². The van der Waals surface area contributed by atoms with Gasteiger partial charge < -0.3 is 20.5 Å². The zero-order chi connectivity index (χ0) is 8.53. The van der Waals surface area contributed by atoms with E-state index in [0.29, 0.717) is 6.54 Å². The normalized spacial score (nSPS) is 13.4. The van der Waals surface area contributed by atoms with Crippen molar-refractivity contribution in [2.45, 2.75) is 6.10 Å². The van der Waals surface area contributed by atoms with E-state index >= 15 is 0 Å². The Bertz CT molecular complexity index is 76.8. The second-order valence-electron chi connectivity index (χ2n) is 2.29. The summed E-state index contributed by atoms with van der Waals surface area (Å²) in [7, 11) is 3.34. The quantitative estimate of drug-likeness (QED) is 0.481. The summed E-state index contributed by atoms with van der Waals surface area (Å²) in [5, 5.41) is 3.16. The highest BCUT2D eigenvalue weighted by Crippen LogP contribution is 1.82. The average molecular weight is 162 g/mol. The predicted molar refractivity (Wildman–Crippen MR) is 44.6 cm³/mol. The summed E-state index contributed by atoms with van der Waals surface area (Å²) in [5.74, 6) is 0. The highest BCUT2D eigenvalue weighted by molar-refractivity contribution is 4.60. The van der Waals surface area contributed by atoms with E-state index in [1.54, 1.807) is 14.2 Å². The predicted octanol–water partition coefficient (Wildman–Crippen LogP) is -0.804.